The summed E-state index contributed by atoms with van der Waals surface area (Å²) < 4.78 is 8.26. The van der Waals surface area contributed by atoms with Gasteiger partial charge in [0.05, 0.1) is 17.8 Å². The third-order valence-corrected chi connectivity index (χ3v) is 5.30. The molecule has 0 atom stereocenters. The van der Waals surface area contributed by atoms with Gasteiger partial charge in [0.2, 0.25) is 0 Å². The molecule has 0 spiro atoms. The third-order valence-electron chi connectivity index (χ3n) is 5.30. The Labute approximate surface area is 169 Å². The number of rotatable bonds is 7. The number of aromatic nitrogens is 4. The molecule has 2 fully saturated rings. The van der Waals surface area contributed by atoms with Crippen LogP contribution in [-0.4, -0.2) is 24.9 Å². The van der Waals surface area contributed by atoms with Crippen LogP contribution in [0.1, 0.15) is 62.7 Å². The van der Waals surface area contributed by atoms with E-state index in [2.05, 4.69) is 20.0 Å². The van der Waals surface area contributed by atoms with Gasteiger partial charge in [-0.15, -0.1) is 0 Å². The first-order valence-corrected chi connectivity index (χ1v) is 10.1. The van der Waals surface area contributed by atoms with Crippen molar-refractivity contribution in [2.75, 3.05) is 5.32 Å². The monoisotopic (exact) mass is 391 g/mol. The maximum absolute atomic E-state index is 10.1. The second kappa shape index (κ2) is 6.84. The summed E-state index contributed by atoms with van der Waals surface area (Å²) in [5.41, 5.74) is 0.919. The largest absolute Gasteiger partial charge is 0.454 e. The summed E-state index contributed by atoms with van der Waals surface area (Å²) in [6, 6.07) is 7.92. The van der Waals surface area contributed by atoms with E-state index in [0.29, 0.717) is 29.3 Å². The number of ether oxygens (including phenoxy) is 1. The lowest BCUT2D eigenvalue weighted by Crippen LogP contribution is -2.15. The number of hydrogen-bond acceptors (Lipinski definition) is 6. The molecule has 2 N–H and O–H groups in total. The third kappa shape index (κ3) is 4.10. The lowest BCUT2D eigenvalue weighted by atomic mass is 10.0. The van der Waals surface area contributed by atoms with Gasteiger partial charge in [0.15, 0.2) is 5.75 Å². The van der Waals surface area contributed by atoms with Gasteiger partial charge in [-0.3, -0.25) is 4.68 Å². The average molecular weight is 391 g/mol. The van der Waals surface area contributed by atoms with Crippen molar-refractivity contribution in [2.45, 2.75) is 57.1 Å². The minimum absolute atomic E-state index is 0.530. The summed E-state index contributed by atoms with van der Waals surface area (Å²) >= 11 is 0. The Morgan fingerprint density at radius 2 is 1.93 bits per heavy atom. The zero-order chi connectivity index (χ0) is 20.0. The molecule has 2 aliphatic rings. The summed E-state index contributed by atoms with van der Waals surface area (Å²) in [4.78, 5) is 8.72. The van der Waals surface area contributed by atoms with E-state index < -0.39 is 5.60 Å². The molecule has 2 aliphatic carbocycles. The first-order valence-electron chi connectivity index (χ1n) is 10.1. The van der Waals surface area contributed by atoms with Gasteiger partial charge < -0.3 is 15.2 Å². The Bertz CT molecular complexity index is 1010. The van der Waals surface area contributed by atoms with Crippen molar-refractivity contribution in [1.29, 1.82) is 0 Å². The average Bonchev–Trinajstić information content (AvgIpc) is 3.61. The summed E-state index contributed by atoms with van der Waals surface area (Å²) in [6.07, 6.45) is 10.2. The molecule has 3 aromatic rings. The zero-order valence-electron chi connectivity index (χ0n) is 16.7. The second-order valence-corrected chi connectivity index (χ2v) is 8.46. The molecular weight excluding hydrogens is 366 g/mol. The van der Waals surface area contributed by atoms with E-state index in [-0.39, 0.29) is 0 Å². The number of pyridine rings is 2. The van der Waals surface area contributed by atoms with Crippen LogP contribution in [0.5, 0.6) is 11.5 Å². The standard InChI is InChI=1S/C22H25N5O2/c1-22(2,28)15-5-8-19(24-12-15)25-20-11-17(9-10-23-20)29-18-13-27(16-6-7-16)26-21(18)14-3-4-14/h5,8-14,16,28H,3-4,6-7H2,1-2H3,(H,23,24,25). The maximum Gasteiger partial charge on any atom is 0.168 e. The summed E-state index contributed by atoms with van der Waals surface area (Å²) in [5.74, 6) is 3.40. The molecule has 3 aromatic heterocycles. The van der Waals surface area contributed by atoms with E-state index in [0.717, 1.165) is 17.0 Å². The Kier molecular flexibility index (Phi) is 4.28. The Morgan fingerprint density at radius 3 is 2.59 bits per heavy atom. The minimum Gasteiger partial charge on any atom is -0.454 e. The number of hydrogen-bond donors (Lipinski definition) is 2. The van der Waals surface area contributed by atoms with Crippen molar-refractivity contribution >= 4 is 11.6 Å². The van der Waals surface area contributed by atoms with Crippen molar-refractivity contribution in [3.05, 3.63) is 54.1 Å². The van der Waals surface area contributed by atoms with Gasteiger partial charge in [-0.25, -0.2) is 9.97 Å². The van der Waals surface area contributed by atoms with Crippen LogP contribution in [0, 0.1) is 0 Å². The number of nitrogens with zero attached hydrogens (tertiary/aromatic N) is 4. The molecule has 0 aliphatic heterocycles. The summed E-state index contributed by atoms with van der Waals surface area (Å²) in [5, 5.41) is 18.0. The highest BCUT2D eigenvalue weighted by Gasteiger charge is 2.33. The van der Waals surface area contributed by atoms with Crippen molar-refractivity contribution in [3.8, 4) is 11.5 Å². The van der Waals surface area contributed by atoms with E-state index in [1.165, 1.54) is 25.7 Å². The summed E-state index contributed by atoms with van der Waals surface area (Å²) in [7, 11) is 0. The number of nitrogens with one attached hydrogen (secondary N) is 1. The number of anilines is 2. The zero-order valence-corrected chi connectivity index (χ0v) is 16.7. The van der Waals surface area contributed by atoms with Crippen LogP contribution in [0.15, 0.2) is 42.9 Å². The second-order valence-electron chi connectivity index (χ2n) is 8.46. The molecule has 7 heteroatoms. The first kappa shape index (κ1) is 18.1. The van der Waals surface area contributed by atoms with E-state index in [9.17, 15) is 5.11 Å². The van der Waals surface area contributed by atoms with E-state index >= 15 is 0 Å². The van der Waals surface area contributed by atoms with Gasteiger partial charge in [0, 0.05) is 29.9 Å². The molecule has 0 saturated heterocycles. The van der Waals surface area contributed by atoms with Gasteiger partial charge in [-0.05, 0) is 51.7 Å². The van der Waals surface area contributed by atoms with Crippen molar-refractivity contribution < 1.29 is 9.84 Å². The number of aliphatic hydroxyl groups is 1. The molecule has 29 heavy (non-hydrogen) atoms. The molecule has 0 radical (unpaired) electrons. The van der Waals surface area contributed by atoms with Crippen LogP contribution < -0.4 is 10.1 Å². The van der Waals surface area contributed by atoms with Crippen LogP contribution in [0.25, 0.3) is 0 Å². The molecule has 0 unspecified atom stereocenters. The van der Waals surface area contributed by atoms with Crippen molar-refractivity contribution in [1.82, 2.24) is 19.7 Å². The van der Waals surface area contributed by atoms with Gasteiger partial charge >= 0.3 is 0 Å². The quantitative estimate of drug-likeness (QED) is 0.610. The van der Waals surface area contributed by atoms with Crippen molar-refractivity contribution in [2.24, 2.45) is 0 Å². The fourth-order valence-electron chi connectivity index (χ4n) is 3.26. The Morgan fingerprint density at radius 1 is 1.10 bits per heavy atom. The van der Waals surface area contributed by atoms with E-state index in [1.807, 2.05) is 30.5 Å². The molecule has 0 aromatic carbocycles. The summed E-state index contributed by atoms with van der Waals surface area (Å²) in [6.45, 7) is 3.47. The molecule has 0 bridgehead atoms. The fourth-order valence-corrected chi connectivity index (χ4v) is 3.26. The molecule has 3 heterocycles. The fraction of sp³-hybridized carbons (Fsp3) is 0.409. The lowest BCUT2D eigenvalue weighted by Gasteiger charge is -2.17. The predicted octanol–water partition coefficient (Wildman–Crippen LogP) is 4.65. The van der Waals surface area contributed by atoms with Gasteiger partial charge in [-0.2, -0.15) is 5.10 Å². The molecule has 7 nitrogen and oxygen atoms in total. The Balaban J connectivity index is 1.33. The van der Waals surface area contributed by atoms with Crippen LogP contribution >= 0.6 is 0 Å². The van der Waals surface area contributed by atoms with Crippen LogP contribution in [0.4, 0.5) is 11.6 Å². The predicted molar refractivity (Wildman–Crippen MR) is 110 cm³/mol. The molecule has 0 amide bonds. The highest BCUT2D eigenvalue weighted by atomic mass is 16.5. The molecule has 150 valence electrons. The van der Waals surface area contributed by atoms with E-state index in [1.54, 1.807) is 26.2 Å². The normalized spacial score (nSPS) is 16.7. The van der Waals surface area contributed by atoms with Gasteiger partial charge in [-0.1, -0.05) is 6.07 Å². The lowest BCUT2D eigenvalue weighted by molar-refractivity contribution is 0.0782. The van der Waals surface area contributed by atoms with E-state index in [4.69, 9.17) is 9.84 Å². The van der Waals surface area contributed by atoms with Crippen molar-refractivity contribution in [3.63, 3.8) is 0 Å². The highest BCUT2D eigenvalue weighted by molar-refractivity contribution is 5.54. The van der Waals surface area contributed by atoms with Crippen LogP contribution in [0.2, 0.25) is 0 Å². The smallest absolute Gasteiger partial charge is 0.168 e. The van der Waals surface area contributed by atoms with Gasteiger partial charge in [0.1, 0.15) is 23.1 Å². The molecule has 5 rings (SSSR count). The topological polar surface area (TPSA) is 85.1 Å². The minimum atomic E-state index is -0.915. The molecular formula is C22H25N5O2. The van der Waals surface area contributed by atoms with Gasteiger partial charge in [0.25, 0.3) is 0 Å². The molecule has 2 saturated carbocycles. The first-order chi connectivity index (χ1) is 14.0. The maximum atomic E-state index is 10.1. The Hall–Kier alpha value is -2.93. The highest BCUT2D eigenvalue weighted by Crippen LogP contribution is 2.46. The van der Waals surface area contributed by atoms with Crippen LogP contribution in [0.3, 0.4) is 0 Å². The SMILES string of the molecule is CC(C)(O)c1ccc(Nc2cc(Oc3cn(C4CC4)nc3C3CC3)ccn2)nc1. The van der Waals surface area contributed by atoms with Crippen LogP contribution in [-0.2, 0) is 5.60 Å².